The molecule has 10 heteroatoms. The van der Waals surface area contributed by atoms with Gasteiger partial charge in [0, 0.05) is 25.7 Å². The van der Waals surface area contributed by atoms with Gasteiger partial charge in [-0.05, 0) is 43.9 Å². The normalized spacial score (nSPS) is 20.5. The van der Waals surface area contributed by atoms with Crippen LogP contribution >= 0.6 is 11.6 Å². The zero-order valence-electron chi connectivity index (χ0n) is 20.7. The summed E-state index contributed by atoms with van der Waals surface area (Å²) in [5.41, 5.74) is 0.0151. The van der Waals surface area contributed by atoms with Gasteiger partial charge in [0.1, 0.15) is 40.3 Å². The van der Waals surface area contributed by atoms with E-state index in [0.29, 0.717) is 19.0 Å². The molecule has 196 valence electrons. The number of aromatic hydroxyl groups is 1. The SMILES string of the molecule is C=CC(=O)N1CCN2C(=O)c3c(NC(C)C4CCCC4)nc(-c4c(O)cccc4F)c(Cl)c3OCC2C1. The van der Waals surface area contributed by atoms with E-state index in [4.69, 9.17) is 16.3 Å². The molecule has 1 aromatic carbocycles. The summed E-state index contributed by atoms with van der Waals surface area (Å²) in [5.74, 6) is -0.800. The number of aromatic nitrogens is 1. The van der Waals surface area contributed by atoms with Crippen LogP contribution in [0.2, 0.25) is 5.02 Å². The molecule has 1 aromatic heterocycles. The molecular formula is C27H30ClFN4O4. The molecule has 2 atom stereocenters. The fourth-order valence-electron chi connectivity index (χ4n) is 5.60. The topological polar surface area (TPSA) is 95.0 Å². The summed E-state index contributed by atoms with van der Waals surface area (Å²) >= 11 is 6.74. The Hall–Kier alpha value is -3.33. The molecular weight excluding hydrogens is 499 g/mol. The summed E-state index contributed by atoms with van der Waals surface area (Å²) in [5, 5.41) is 13.8. The highest BCUT2D eigenvalue weighted by Crippen LogP contribution is 2.45. The van der Waals surface area contributed by atoms with E-state index in [1.54, 1.807) is 9.80 Å². The fraction of sp³-hybridized carbons (Fsp3) is 0.444. The highest BCUT2D eigenvalue weighted by molar-refractivity contribution is 6.35. The van der Waals surface area contributed by atoms with Crippen molar-refractivity contribution in [3.8, 4) is 22.8 Å². The van der Waals surface area contributed by atoms with Crippen molar-refractivity contribution in [2.45, 2.75) is 44.7 Å². The number of hydrogen-bond donors (Lipinski definition) is 2. The van der Waals surface area contributed by atoms with E-state index >= 15 is 0 Å². The van der Waals surface area contributed by atoms with Gasteiger partial charge in [-0.3, -0.25) is 9.59 Å². The number of phenolic OH excluding ortho intramolecular Hbond substituents is 1. The van der Waals surface area contributed by atoms with E-state index < -0.39 is 11.9 Å². The molecule has 8 nitrogen and oxygen atoms in total. The molecule has 0 radical (unpaired) electrons. The Morgan fingerprint density at radius 2 is 2.08 bits per heavy atom. The second-order valence-electron chi connectivity index (χ2n) is 9.89. The number of nitrogens with zero attached hydrogens (tertiary/aromatic N) is 3. The molecule has 2 aliphatic heterocycles. The maximum Gasteiger partial charge on any atom is 0.261 e. The van der Waals surface area contributed by atoms with Gasteiger partial charge in [0.05, 0.1) is 11.6 Å². The van der Waals surface area contributed by atoms with Crippen molar-refractivity contribution in [1.29, 1.82) is 0 Å². The summed E-state index contributed by atoms with van der Waals surface area (Å²) in [4.78, 5) is 34.1. The Bertz CT molecular complexity index is 1230. The van der Waals surface area contributed by atoms with Crippen molar-refractivity contribution in [2.24, 2.45) is 5.92 Å². The summed E-state index contributed by atoms with van der Waals surface area (Å²) in [7, 11) is 0. The zero-order valence-corrected chi connectivity index (χ0v) is 21.4. The summed E-state index contributed by atoms with van der Waals surface area (Å²) in [6.07, 6.45) is 5.68. The molecule has 2 amide bonds. The molecule has 1 saturated heterocycles. The van der Waals surface area contributed by atoms with E-state index in [2.05, 4.69) is 16.9 Å². The number of phenols is 1. The predicted octanol–water partition coefficient (Wildman–Crippen LogP) is 4.47. The van der Waals surface area contributed by atoms with Crippen LogP contribution in [0.3, 0.4) is 0 Å². The van der Waals surface area contributed by atoms with Crippen molar-refractivity contribution in [1.82, 2.24) is 14.8 Å². The van der Waals surface area contributed by atoms with E-state index in [9.17, 15) is 19.1 Å². The molecule has 0 bridgehead atoms. The molecule has 0 spiro atoms. The average Bonchev–Trinajstić information content (AvgIpc) is 3.39. The first-order valence-corrected chi connectivity index (χ1v) is 13.0. The van der Waals surface area contributed by atoms with Crippen LogP contribution in [0.15, 0.2) is 30.9 Å². The van der Waals surface area contributed by atoms with Crippen LogP contribution < -0.4 is 10.1 Å². The number of piperazine rings is 1. The number of hydrogen-bond acceptors (Lipinski definition) is 6. The second kappa shape index (κ2) is 10.2. The van der Waals surface area contributed by atoms with Crippen LogP contribution in [0.5, 0.6) is 11.5 Å². The van der Waals surface area contributed by atoms with Gasteiger partial charge in [0.2, 0.25) is 5.91 Å². The Labute approximate surface area is 220 Å². The smallest absolute Gasteiger partial charge is 0.261 e. The quantitative estimate of drug-likeness (QED) is 0.556. The molecule has 2 N–H and O–H groups in total. The van der Waals surface area contributed by atoms with Gasteiger partial charge in [0.25, 0.3) is 5.91 Å². The van der Waals surface area contributed by atoms with Crippen LogP contribution in [-0.2, 0) is 4.79 Å². The maximum atomic E-state index is 14.9. The van der Waals surface area contributed by atoms with E-state index in [-0.39, 0.29) is 70.2 Å². The van der Waals surface area contributed by atoms with E-state index in [0.717, 1.165) is 25.7 Å². The van der Waals surface area contributed by atoms with Crippen LogP contribution in [0.25, 0.3) is 11.3 Å². The lowest BCUT2D eigenvalue weighted by molar-refractivity contribution is -0.128. The first kappa shape index (κ1) is 25.3. The molecule has 3 aliphatic rings. The number of nitrogens with one attached hydrogen (secondary N) is 1. The van der Waals surface area contributed by atoms with E-state index in [1.807, 2.05) is 6.92 Å². The van der Waals surface area contributed by atoms with Gasteiger partial charge < -0.3 is 25.0 Å². The lowest BCUT2D eigenvalue weighted by Gasteiger charge is -2.39. The van der Waals surface area contributed by atoms with E-state index in [1.165, 1.54) is 24.3 Å². The third kappa shape index (κ3) is 4.61. The monoisotopic (exact) mass is 528 g/mol. The fourth-order valence-corrected chi connectivity index (χ4v) is 5.89. The summed E-state index contributed by atoms with van der Waals surface area (Å²) in [6.45, 7) is 6.66. The molecule has 2 fully saturated rings. The lowest BCUT2D eigenvalue weighted by Crippen LogP contribution is -2.57. The third-order valence-corrected chi connectivity index (χ3v) is 8.01. The number of amides is 2. The summed E-state index contributed by atoms with van der Waals surface area (Å²) < 4.78 is 21.0. The van der Waals surface area contributed by atoms with Crippen molar-refractivity contribution in [3.05, 3.63) is 47.3 Å². The van der Waals surface area contributed by atoms with Crippen LogP contribution in [0.1, 0.15) is 43.0 Å². The number of halogens is 2. The van der Waals surface area contributed by atoms with Crippen LogP contribution in [0.4, 0.5) is 10.2 Å². The predicted molar refractivity (Wildman–Crippen MR) is 138 cm³/mol. The Balaban J connectivity index is 1.61. The van der Waals surface area contributed by atoms with Crippen molar-refractivity contribution < 1.29 is 23.8 Å². The van der Waals surface area contributed by atoms with Gasteiger partial charge in [-0.1, -0.05) is 37.1 Å². The zero-order chi connectivity index (χ0) is 26.3. The molecule has 5 rings (SSSR count). The van der Waals surface area contributed by atoms with Crippen molar-refractivity contribution in [2.75, 3.05) is 31.6 Å². The van der Waals surface area contributed by atoms with Crippen molar-refractivity contribution in [3.63, 3.8) is 0 Å². The second-order valence-corrected chi connectivity index (χ2v) is 10.3. The first-order chi connectivity index (χ1) is 17.8. The largest absolute Gasteiger partial charge is 0.507 e. The molecule has 1 aliphatic carbocycles. The van der Waals surface area contributed by atoms with Gasteiger partial charge in [0.15, 0.2) is 5.75 Å². The number of rotatable bonds is 5. The Morgan fingerprint density at radius 3 is 2.78 bits per heavy atom. The number of carbonyl (C=O) groups excluding carboxylic acids is 2. The van der Waals surface area contributed by atoms with Crippen LogP contribution in [0, 0.1) is 11.7 Å². The molecule has 3 heterocycles. The number of carbonyl (C=O) groups is 2. The average molecular weight is 529 g/mol. The lowest BCUT2D eigenvalue weighted by atomic mass is 9.99. The minimum absolute atomic E-state index is 0.00347. The number of benzene rings is 1. The molecule has 2 unspecified atom stereocenters. The minimum atomic E-state index is -0.694. The highest BCUT2D eigenvalue weighted by Gasteiger charge is 2.40. The highest BCUT2D eigenvalue weighted by atomic mass is 35.5. The minimum Gasteiger partial charge on any atom is -0.507 e. The Kier molecular flexibility index (Phi) is 6.98. The molecule has 1 saturated carbocycles. The van der Waals surface area contributed by atoms with Crippen LogP contribution in [-0.4, -0.2) is 70.0 Å². The molecule has 2 aromatic rings. The Morgan fingerprint density at radius 1 is 1.32 bits per heavy atom. The summed E-state index contributed by atoms with van der Waals surface area (Å²) in [6, 6.07) is 3.55. The standard InChI is InChI=1S/C27H30ClFN4O4/c1-3-20(35)32-11-12-33-17(13-32)14-37-25-22(27(33)36)26(30-15(2)16-7-4-5-8-16)31-24(23(25)28)21-18(29)9-6-10-19(21)34/h3,6,9-10,15-17,34H,1,4-5,7-8,11-14H2,2H3,(H,30,31). The number of anilines is 1. The van der Waals surface area contributed by atoms with Gasteiger partial charge in [-0.25, -0.2) is 9.37 Å². The number of pyridine rings is 1. The first-order valence-electron chi connectivity index (χ1n) is 12.6. The van der Waals surface area contributed by atoms with Gasteiger partial charge >= 0.3 is 0 Å². The maximum absolute atomic E-state index is 14.9. The van der Waals surface area contributed by atoms with Gasteiger partial charge in [-0.15, -0.1) is 0 Å². The van der Waals surface area contributed by atoms with Gasteiger partial charge in [-0.2, -0.15) is 0 Å². The number of fused-ring (bicyclic) bond motifs is 2. The van der Waals surface area contributed by atoms with Crippen molar-refractivity contribution >= 4 is 29.2 Å². The third-order valence-electron chi connectivity index (χ3n) is 7.66. The number of ether oxygens (including phenoxy) is 1. The molecule has 37 heavy (non-hydrogen) atoms.